The van der Waals surface area contributed by atoms with Gasteiger partial charge in [-0.25, -0.2) is 4.39 Å². The van der Waals surface area contributed by atoms with Gasteiger partial charge in [0.2, 0.25) is 0 Å². The standard InChI is InChI=1S/C12H16FNO/c1-9(2)14-7-11(8-15)10-3-5-12(13)6-4-10/h3-6,8-9,11,14H,7H2,1-2H3. The summed E-state index contributed by atoms with van der Waals surface area (Å²) >= 11 is 0. The van der Waals surface area contributed by atoms with E-state index in [1.165, 1.54) is 12.1 Å². The Morgan fingerprint density at radius 3 is 2.40 bits per heavy atom. The van der Waals surface area contributed by atoms with Gasteiger partial charge in [-0.2, -0.15) is 0 Å². The number of hydrogen-bond acceptors (Lipinski definition) is 2. The quantitative estimate of drug-likeness (QED) is 0.752. The van der Waals surface area contributed by atoms with Crippen LogP contribution in [0.25, 0.3) is 0 Å². The molecule has 0 radical (unpaired) electrons. The number of halogens is 1. The monoisotopic (exact) mass is 209 g/mol. The topological polar surface area (TPSA) is 29.1 Å². The van der Waals surface area contributed by atoms with Gasteiger partial charge in [-0.3, -0.25) is 0 Å². The summed E-state index contributed by atoms with van der Waals surface area (Å²) in [5.41, 5.74) is 0.847. The molecule has 1 unspecified atom stereocenters. The van der Waals surface area contributed by atoms with Gasteiger partial charge in [-0.05, 0) is 17.7 Å². The molecule has 82 valence electrons. The van der Waals surface area contributed by atoms with Crippen LogP contribution in [0.5, 0.6) is 0 Å². The van der Waals surface area contributed by atoms with Gasteiger partial charge in [-0.15, -0.1) is 0 Å². The Bertz CT molecular complexity index is 308. The van der Waals surface area contributed by atoms with Crippen molar-refractivity contribution in [3.8, 4) is 0 Å². The van der Waals surface area contributed by atoms with Crippen molar-refractivity contribution in [1.82, 2.24) is 5.32 Å². The summed E-state index contributed by atoms with van der Waals surface area (Å²) in [5, 5.41) is 3.18. The molecule has 0 saturated carbocycles. The highest BCUT2D eigenvalue weighted by Gasteiger charge is 2.10. The molecule has 0 aliphatic heterocycles. The smallest absolute Gasteiger partial charge is 0.128 e. The van der Waals surface area contributed by atoms with Crippen molar-refractivity contribution in [2.45, 2.75) is 25.8 Å². The molecule has 1 N–H and O–H groups in total. The maximum atomic E-state index is 12.7. The minimum absolute atomic E-state index is 0.201. The maximum Gasteiger partial charge on any atom is 0.128 e. The lowest BCUT2D eigenvalue weighted by molar-refractivity contribution is -0.109. The van der Waals surface area contributed by atoms with Crippen LogP contribution in [0.15, 0.2) is 24.3 Å². The van der Waals surface area contributed by atoms with Crippen LogP contribution in [0.4, 0.5) is 4.39 Å². The summed E-state index contributed by atoms with van der Waals surface area (Å²) in [6.45, 7) is 4.63. The molecular weight excluding hydrogens is 193 g/mol. The number of carbonyl (C=O) groups excluding carboxylic acids is 1. The van der Waals surface area contributed by atoms with E-state index in [0.717, 1.165) is 11.8 Å². The first kappa shape index (κ1) is 11.9. The molecule has 2 nitrogen and oxygen atoms in total. The highest BCUT2D eigenvalue weighted by Crippen LogP contribution is 2.13. The Morgan fingerprint density at radius 1 is 1.33 bits per heavy atom. The van der Waals surface area contributed by atoms with Crippen molar-refractivity contribution < 1.29 is 9.18 Å². The maximum absolute atomic E-state index is 12.7. The summed E-state index contributed by atoms with van der Waals surface area (Å²) in [5.74, 6) is -0.479. The molecule has 3 heteroatoms. The molecule has 0 amide bonds. The van der Waals surface area contributed by atoms with Crippen molar-refractivity contribution in [2.75, 3.05) is 6.54 Å². The van der Waals surface area contributed by atoms with E-state index in [1.807, 2.05) is 13.8 Å². The van der Waals surface area contributed by atoms with E-state index >= 15 is 0 Å². The first-order chi connectivity index (χ1) is 7.13. The molecule has 1 aromatic carbocycles. The lowest BCUT2D eigenvalue weighted by Crippen LogP contribution is -2.28. The predicted octanol–water partition coefficient (Wildman–Crippen LogP) is 2.11. The summed E-state index contributed by atoms with van der Waals surface area (Å²) in [6, 6.07) is 6.39. The highest BCUT2D eigenvalue weighted by atomic mass is 19.1. The fourth-order valence-electron chi connectivity index (χ4n) is 1.32. The summed E-state index contributed by atoms with van der Waals surface area (Å²) in [6.07, 6.45) is 0.891. The van der Waals surface area contributed by atoms with Crippen molar-refractivity contribution in [3.05, 3.63) is 35.6 Å². The lowest BCUT2D eigenvalue weighted by atomic mass is 10.0. The molecule has 0 aliphatic carbocycles. The van der Waals surface area contributed by atoms with E-state index in [0.29, 0.717) is 12.6 Å². The molecular formula is C12H16FNO. The Morgan fingerprint density at radius 2 is 1.93 bits per heavy atom. The van der Waals surface area contributed by atoms with Gasteiger partial charge in [0.1, 0.15) is 12.1 Å². The molecule has 0 saturated heterocycles. The van der Waals surface area contributed by atoms with E-state index in [9.17, 15) is 9.18 Å². The Labute approximate surface area is 89.5 Å². The zero-order valence-corrected chi connectivity index (χ0v) is 9.03. The average Bonchev–Trinajstić information content (AvgIpc) is 2.21. The molecule has 1 atom stereocenters. The molecule has 0 aliphatic rings. The number of rotatable bonds is 5. The van der Waals surface area contributed by atoms with Crippen LogP contribution in [0, 0.1) is 5.82 Å². The molecule has 0 aromatic heterocycles. The minimum atomic E-state index is -0.278. The second-order valence-electron chi connectivity index (χ2n) is 3.86. The van der Waals surface area contributed by atoms with Crippen molar-refractivity contribution in [2.24, 2.45) is 0 Å². The van der Waals surface area contributed by atoms with Gasteiger partial charge < -0.3 is 10.1 Å². The molecule has 0 fully saturated rings. The van der Waals surface area contributed by atoms with Crippen LogP contribution in [-0.4, -0.2) is 18.9 Å². The average molecular weight is 209 g/mol. The van der Waals surface area contributed by atoms with E-state index < -0.39 is 0 Å². The number of aldehydes is 1. The van der Waals surface area contributed by atoms with E-state index in [2.05, 4.69) is 5.32 Å². The molecule has 15 heavy (non-hydrogen) atoms. The van der Waals surface area contributed by atoms with Gasteiger partial charge >= 0.3 is 0 Å². The number of nitrogens with one attached hydrogen (secondary N) is 1. The van der Waals surface area contributed by atoms with Crippen molar-refractivity contribution in [3.63, 3.8) is 0 Å². The molecule has 1 rings (SSSR count). The van der Waals surface area contributed by atoms with Crippen LogP contribution in [0.3, 0.4) is 0 Å². The largest absolute Gasteiger partial charge is 0.313 e. The van der Waals surface area contributed by atoms with E-state index in [4.69, 9.17) is 0 Å². The van der Waals surface area contributed by atoms with Gasteiger partial charge in [-0.1, -0.05) is 26.0 Å². The number of benzene rings is 1. The van der Waals surface area contributed by atoms with Gasteiger partial charge in [0.05, 0.1) is 5.92 Å². The first-order valence-electron chi connectivity index (χ1n) is 5.07. The SMILES string of the molecule is CC(C)NCC(C=O)c1ccc(F)cc1. The number of carbonyl (C=O) groups is 1. The molecule has 1 aromatic rings. The van der Waals surface area contributed by atoms with Crippen LogP contribution in [0.2, 0.25) is 0 Å². The third kappa shape index (κ3) is 3.80. The number of hydrogen-bond donors (Lipinski definition) is 1. The van der Waals surface area contributed by atoms with Crippen molar-refractivity contribution >= 4 is 6.29 Å². The zero-order valence-electron chi connectivity index (χ0n) is 9.03. The Balaban J connectivity index is 2.65. The summed E-state index contributed by atoms with van der Waals surface area (Å²) < 4.78 is 12.7. The fraction of sp³-hybridized carbons (Fsp3) is 0.417. The van der Waals surface area contributed by atoms with E-state index in [1.54, 1.807) is 12.1 Å². The fourth-order valence-corrected chi connectivity index (χ4v) is 1.32. The van der Waals surface area contributed by atoms with Crippen LogP contribution in [0.1, 0.15) is 25.3 Å². The summed E-state index contributed by atoms with van der Waals surface area (Å²) in [4.78, 5) is 10.9. The molecule has 0 bridgehead atoms. The Kier molecular flexibility index (Phi) is 4.43. The lowest BCUT2D eigenvalue weighted by Gasteiger charge is -2.14. The van der Waals surface area contributed by atoms with Gasteiger partial charge in [0.15, 0.2) is 0 Å². The van der Waals surface area contributed by atoms with Crippen LogP contribution < -0.4 is 5.32 Å². The second kappa shape index (κ2) is 5.61. The highest BCUT2D eigenvalue weighted by molar-refractivity contribution is 5.62. The minimum Gasteiger partial charge on any atom is -0.313 e. The van der Waals surface area contributed by atoms with Gasteiger partial charge in [0.25, 0.3) is 0 Å². The molecule has 0 spiro atoms. The zero-order chi connectivity index (χ0) is 11.3. The van der Waals surface area contributed by atoms with Crippen LogP contribution in [-0.2, 0) is 4.79 Å². The second-order valence-corrected chi connectivity index (χ2v) is 3.86. The van der Waals surface area contributed by atoms with Crippen LogP contribution >= 0.6 is 0 Å². The summed E-state index contributed by atoms with van der Waals surface area (Å²) in [7, 11) is 0. The first-order valence-corrected chi connectivity index (χ1v) is 5.07. The van der Waals surface area contributed by atoms with Crippen molar-refractivity contribution in [1.29, 1.82) is 0 Å². The van der Waals surface area contributed by atoms with E-state index in [-0.39, 0.29) is 11.7 Å². The normalized spacial score (nSPS) is 12.8. The Hall–Kier alpha value is -1.22. The van der Waals surface area contributed by atoms with Gasteiger partial charge in [0, 0.05) is 12.6 Å². The molecule has 0 heterocycles. The predicted molar refractivity (Wildman–Crippen MR) is 58.3 cm³/mol. The third-order valence-corrected chi connectivity index (χ3v) is 2.21. The third-order valence-electron chi connectivity index (χ3n) is 2.21.